The van der Waals surface area contributed by atoms with Gasteiger partial charge in [0.2, 0.25) is 0 Å². The summed E-state index contributed by atoms with van der Waals surface area (Å²) in [5.74, 6) is -1.07. The minimum absolute atomic E-state index is 0.388. The van der Waals surface area contributed by atoms with Crippen LogP contribution in [0, 0.1) is 0 Å². The van der Waals surface area contributed by atoms with Gasteiger partial charge < -0.3 is 15.3 Å². The van der Waals surface area contributed by atoms with Gasteiger partial charge in [0.05, 0.1) is 0 Å². The number of nitrogens with one attached hydrogen (secondary N) is 1. The van der Waals surface area contributed by atoms with Gasteiger partial charge in [-0.15, -0.1) is 17.9 Å². The summed E-state index contributed by atoms with van der Waals surface area (Å²) in [5.41, 5.74) is 0. The molecular weight excluding hydrogens is 252 g/mol. The molecule has 1 aromatic heterocycles. The molecule has 0 saturated heterocycles. The average Bonchev–Trinajstić information content (AvgIpc) is 2.85. The van der Waals surface area contributed by atoms with Gasteiger partial charge in [-0.2, -0.15) is 0 Å². The Labute approximate surface area is 110 Å². The Morgan fingerprint density at radius 3 is 2.83 bits per heavy atom. The maximum Gasteiger partial charge on any atom is 0.331 e. The summed E-state index contributed by atoms with van der Waals surface area (Å²) in [7, 11) is 0. The van der Waals surface area contributed by atoms with Crippen molar-refractivity contribution in [1.29, 1.82) is 0 Å². The quantitative estimate of drug-likeness (QED) is 0.776. The fourth-order valence-corrected chi connectivity index (χ4v) is 2.20. The Kier molecular flexibility index (Phi) is 5.38. The van der Waals surface area contributed by atoms with Gasteiger partial charge in [0.25, 0.3) is 0 Å². The van der Waals surface area contributed by atoms with Gasteiger partial charge in [0.15, 0.2) is 6.04 Å². The molecule has 0 bridgehead atoms. The predicted octanol–water partition coefficient (Wildman–Crippen LogP) is 2.09. The number of aliphatic carboxylic acids is 1. The minimum Gasteiger partial charge on any atom is -0.479 e. The van der Waals surface area contributed by atoms with Gasteiger partial charge in [-0.25, -0.2) is 9.59 Å². The molecule has 0 spiro atoms. The minimum atomic E-state index is -1.07. The van der Waals surface area contributed by atoms with E-state index in [2.05, 4.69) is 11.9 Å². The molecule has 0 aliphatic heterocycles. The molecule has 0 aliphatic rings. The summed E-state index contributed by atoms with van der Waals surface area (Å²) >= 11 is 1.30. The van der Waals surface area contributed by atoms with Crippen LogP contribution >= 0.6 is 11.3 Å². The van der Waals surface area contributed by atoms with Crippen LogP contribution in [0.2, 0.25) is 0 Å². The lowest BCUT2D eigenvalue weighted by Gasteiger charge is -2.22. The van der Waals surface area contributed by atoms with Crippen molar-refractivity contribution in [3.8, 4) is 0 Å². The molecule has 1 unspecified atom stereocenters. The second kappa shape index (κ2) is 6.80. The van der Waals surface area contributed by atoms with Crippen LogP contribution in [-0.2, 0) is 4.79 Å². The van der Waals surface area contributed by atoms with Crippen molar-refractivity contribution in [3.05, 3.63) is 35.0 Å². The van der Waals surface area contributed by atoms with Crippen molar-refractivity contribution in [2.75, 3.05) is 13.1 Å². The van der Waals surface area contributed by atoms with Crippen LogP contribution < -0.4 is 5.32 Å². The van der Waals surface area contributed by atoms with E-state index in [1.807, 2.05) is 6.92 Å². The maximum absolute atomic E-state index is 11.9. The Morgan fingerprint density at radius 2 is 2.39 bits per heavy atom. The standard InChI is InChI=1S/C12H16N2O3S/c1-3-7-14(4-2)12(17)13-10(11(15)16)9-6-5-8-18-9/h3,5-6,8,10H,1,4,7H2,2H3,(H,13,17)(H,15,16). The van der Waals surface area contributed by atoms with Crippen LogP contribution in [0.15, 0.2) is 30.2 Å². The maximum atomic E-state index is 11.9. The van der Waals surface area contributed by atoms with Gasteiger partial charge in [0, 0.05) is 18.0 Å². The molecule has 6 heteroatoms. The van der Waals surface area contributed by atoms with E-state index in [0.717, 1.165) is 0 Å². The van der Waals surface area contributed by atoms with Crippen LogP contribution in [0.3, 0.4) is 0 Å². The average molecular weight is 268 g/mol. The van der Waals surface area contributed by atoms with Crippen molar-refractivity contribution >= 4 is 23.3 Å². The van der Waals surface area contributed by atoms with Crippen molar-refractivity contribution in [2.24, 2.45) is 0 Å². The van der Waals surface area contributed by atoms with Crippen LogP contribution in [0.25, 0.3) is 0 Å². The molecule has 2 amide bonds. The summed E-state index contributed by atoms with van der Waals surface area (Å²) in [5, 5.41) is 13.4. The van der Waals surface area contributed by atoms with Crippen molar-refractivity contribution < 1.29 is 14.7 Å². The first-order chi connectivity index (χ1) is 8.60. The van der Waals surface area contributed by atoms with E-state index in [1.165, 1.54) is 16.2 Å². The molecule has 1 aromatic rings. The predicted molar refractivity (Wildman–Crippen MR) is 70.7 cm³/mol. The number of carbonyl (C=O) groups is 2. The summed E-state index contributed by atoms with van der Waals surface area (Å²) in [6.07, 6.45) is 1.60. The third-order valence-corrected chi connectivity index (χ3v) is 3.30. The number of rotatable bonds is 6. The molecule has 0 saturated carbocycles. The van der Waals surface area contributed by atoms with Crippen LogP contribution in [-0.4, -0.2) is 35.1 Å². The van der Waals surface area contributed by atoms with Crippen LogP contribution in [0.4, 0.5) is 4.79 Å². The third kappa shape index (κ3) is 3.59. The van der Waals surface area contributed by atoms with Crippen molar-refractivity contribution in [3.63, 3.8) is 0 Å². The van der Waals surface area contributed by atoms with Crippen LogP contribution in [0.1, 0.15) is 17.8 Å². The number of carboxylic acids is 1. The summed E-state index contributed by atoms with van der Waals surface area (Å²) in [6.45, 7) is 6.27. The summed E-state index contributed by atoms with van der Waals surface area (Å²) < 4.78 is 0. The van der Waals surface area contributed by atoms with E-state index in [-0.39, 0.29) is 0 Å². The normalized spacial score (nSPS) is 11.6. The van der Waals surface area contributed by atoms with E-state index < -0.39 is 18.0 Å². The molecule has 0 aliphatic carbocycles. The fraction of sp³-hybridized carbons (Fsp3) is 0.333. The SMILES string of the molecule is C=CCN(CC)C(=O)NC(C(=O)O)c1cccs1. The molecule has 18 heavy (non-hydrogen) atoms. The van der Waals surface area contributed by atoms with Crippen molar-refractivity contribution in [1.82, 2.24) is 10.2 Å². The zero-order valence-electron chi connectivity index (χ0n) is 10.1. The van der Waals surface area contributed by atoms with Gasteiger partial charge in [-0.05, 0) is 18.4 Å². The number of amides is 2. The van der Waals surface area contributed by atoms with Gasteiger partial charge >= 0.3 is 12.0 Å². The first-order valence-electron chi connectivity index (χ1n) is 5.52. The monoisotopic (exact) mass is 268 g/mol. The van der Waals surface area contributed by atoms with Crippen molar-refractivity contribution in [2.45, 2.75) is 13.0 Å². The lowest BCUT2D eigenvalue weighted by atomic mass is 10.2. The second-order valence-corrected chi connectivity index (χ2v) is 4.54. The number of hydrogen-bond donors (Lipinski definition) is 2. The molecule has 0 radical (unpaired) electrons. The Bertz CT molecular complexity index is 417. The molecule has 2 N–H and O–H groups in total. The zero-order valence-corrected chi connectivity index (χ0v) is 10.9. The summed E-state index contributed by atoms with van der Waals surface area (Å²) in [4.78, 5) is 25.1. The molecule has 0 aromatic carbocycles. The second-order valence-electron chi connectivity index (χ2n) is 3.56. The number of urea groups is 1. The number of likely N-dealkylation sites (N-methyl/N-ethyl adjacent to an activating group) is 1. The number of carbonyl (C=O) groups excluding carboxylic acids is 1. The Balaban J connectivity index is 2.75. The van der Waals surface area contributed by atoms with Gasteiger partial charge in [0.1, 0.15) is 0 Å². The van der Waals surface area contributed by atoms with Crippen LogP contribution in [0.5, 0.6) is 0 Å². The smallest absolute Gasteiger partial charge is 0.331 e. The molecule has 1 rings (SSSR count). The molecule has 1 atom stereocenters. The molecular formula is C12H16N2O3S. The highest BCUT2D eigenvalue weighted by Crippen LogP contribution is 2.19. The number of thiophene rings is 1. The van der Waals surface area contributed by atoms with Gasteiger partial charge in [-0.3, -0.25) is 0 Å². The number of carboxylic acid groups (broad SMARTS) is 1. The number of nitrogens with zero attached hydrogens (tertiary/aromatic N) is 1. The molecule has 5 nitrogen and oxygen atoms in total. The molecule has 98 valence electrons. The fourth-order valence-electron chi connectivity index (χ4n) is 1.44. The molecule has 1 heterocycles. The Hall–Kier alpha value is -1.82. The lowest BCUT2D eigenvalue weighted by molar-refractivity contribution is -0.139. The first-order valence-corrected chi connectivity index (χ1v) is 6.40. The zero-order chi connectivity index (χ0) is 13.5. The Morgan fingerprint density at radius 1 is 1.67 bits per heavy atom. The van der Waals surface area contributed by atoms with E-state index in [1.54, 1.807) is 23.6 Å². The van der Waals surface area contributed by atoms with E-state index in [0.29, 0.717) is 18.0 Å². The topological polar surface area (TPSA) is 69.6 Å². The highest BCUT2D eigenvalue weighted by atomic mass is 32.1. The molecule has 0 fully saturated rings. The van der Waals surface area contributed by atoms with E-state index in [4.69, 9.17) is 5.11 Å². The van der Waals surface area contributed by atoms with E-state index in [9.17, 15) is 9.59 Å². The largest absolute Gasteiger partial charge is 0.479 e. The highest BCUT2D eigenvalue weighted by Gasteiger charge is 2.24. The van der Waals surface area contributed by atoms with E-state index >= 15 is 0 Å². The highest BCUT2D eigenvalue weighted by molar-refractivity contribution is 7.10. The first kappa shape index (κ1) is 14.2. The third-order valence-electron chi connectivity index (χ3n) is 2.36. The lowest BCUT2D eigenvalue weighted by Crippen LogP contribution is -2.43. The number of hydrogen-bond acceptors (Lipinski definition) is 3. The summed E-state index contributed by atoms with van der Waals surface area (Å²) in [6, 6.07) is 2.03. The van der Waals surface area contributed by atoms with Gasteiger partial charge in [-0.1, -0.05) is 12.1 Å².